The van der Waals surface area contributed by atoms with Crippen LogP contribution in [0, 0.1) is 5.92 Å². The number of nitrogen functional groups attached to an aromatic ring is 1. The largest absolute Gasteiger partial charge is 0.496 e. The maximum atomic E-state index is 11.4. The molecule has 2 aromatic rings. The van der Waals surface area contributed by atoms with E-state index in [1.165, 1.54) is 6.33 Å². The van der Waals surface area contributed by atoms with E-state index in [1.807, 2.05) is 0 Å². The SMILES string of the molecule is CC[C@H]1O[C@@H](Cl)CC1C.C[Si](C)(C)Nc1nc[nH+]c(O[Si](C)(C)C)n1.Nc1ncn([C@H]2CC(O)[C@@H](CO)O2)c(=O)n1. The van der Waals surface area contributed by atoms with E-state index in [2.05, 4.69) is 83.0 Å². The molecule has 2 saturated heterocycles. The van der Waals surface area contributed by atoms with Gasteiger partial charge in [-0.3, -0.25) is 4.57 Å². The molecule has 17 heteroatoms. The van der Waals surface area contributed by atoms with Crippen molar-refractivity contribution in [2.75, 3.05) is 17.3 Å². The summed E-state index contributed by atoms with van der Waals surface area (Å²) in [4.78, 5) is 33.3. The molecular weight excluding hydrogens is 588 g/mol. The number of aliphatic hydroxyl groups excluding tert-OH is 2. The fourth-order valence-electron chi connectivity index (χ4n) is 3.97. The zero-order chi connectivity index (χ0) is 31.0. The first-order chi connectivity index (χ1) is 19.0. The molecule has 2 aromatic heterocycles. The molecule has 232 valence electrons. The summed E-state index contributed by atoms with van der Waals surface area (Å²) in [5, 5.41) is 18.4. The van der Waals surface area contributed by atoms with Crippen molar-refractivity contribution in [3.63, 3.8) is 0 Å². The Hall–Kier alpha value is -2.22. The summed E-state index contributed by atoms with van der Waals surface area (Å²) < 4.78 is 17.6. The number of hydrogen-bond donors (Lipinski definition) is 4. The number of alkyl halides is 1. The van der Waals surface area contributed by atoms with Crippen LogP contribution in [0.3, 0.4) is 0 Å². The van der Waals surface area contributed by atoms with Gasteiger partial charge in [0.1, 0.15) is 24.2 Å². The third-order valence-corrected chi connectivity index (χ3v) is 7.89. The Morgan fingerprint density at radius 1 is 1.17 bits per heavy atom. The Balaban J connectivity index is 0.000000224. The highest BCUT2D eigenvalue weighted by Crippen LogP contribution is 2.29. The van der Waals surface area contributed by atoms with Gasteiger partial charge in [0.05, 0.1) is 18.8 Å². The van der Waals surface area contributed by atoms with Crippen LogP contribution in [-0.2, 0) is 9.47 Å². The molecule has 0 radical (unpaired) electrons. The number of H-pyrrole nitrogens is 1. The second-order valence-corrected chi connectivity index (χ2v) is 21.6. The summed E-state index contributed by atoms with van der Waals surface area (Å²) in [5.74, 6) is 1.18. The molecule has 2 aliphatic heterocycles. The van der Waals surface area contributed by atoms with Gasteiger partial charge in [0.15, 0.2) is 8.24 Å². The van der Waals surface area contributed by atoms with Gasteiger partial charge in [-0.2, -0.15) is 4.98 Å². The van der Waals surface area contributed by atoms with Crippen LogP contribution >= 0.6 is 11.6 Å². The Labute approximate surface area is 248 Å². The van der Waals surface area contributed by atoms with Gasteiger partial charge >= 0.3 is 17.6 Å². The lowest BCUT2D eigenvalue weighted by atomic mass is 10.0. The molecule has 4 rings (SSSR count). The zero-order valence-electron chi connectivity index (χ0n) is 25.2. The van der Waals surface area contributed by atoms with E-state index in [0.717, 1.165) is 17.4 Å². The van der Waals surface area contributed by atoms with Crippen molar-refractivity contribution in [2.24, 2.45) is 5.92 Å². The monoisotopic (exact) mass is 633 g/mol. The Morgan fingerprint density at radius 3 is 2.32 bits per heavy atom. The molecule has 41 heavy (non-hydrogen) atoms. The average molecular weight is 634 g/mol. The normalized spacial score (nSPS) is 25.9. The van der Waals surface area contributed by atoms with Crippen molar-refractivity contribution >= 4 is 40.1 Å². The second-order valence-electron chi connectivity index (χ2n) is 12.0. The summed E-state index contributed by atoms with van der Waals surface area (Å²) in [5.41, 5.74) is 4.62. The Morgan fingerprint density at radius 2 is 1.85 bits per heavy atom. The minimum atomic E-state index is -1.62. The molecule has 0 bridgehead atoms. The van der Waals surface area contributed by atoms with Gasteiger partial charge in [-0.05, 0) is 43.4 Å². The van der Waals surface area contributed by atoms with E-state index in [0.29, 0.717) is 24.0 Å². The smallest absolute Gasteiger partial charge is 0.422 e. The summed E-state index contributed by atoms with van der Waals surface area (Å²) in [6.45, 7) is 17.0. The van der Waals surface area contributed by atoms with E-state index in [1.54, 1.807) is 6.33 Å². The predicted octanol–water partition coefficient (Wildman–Crippen LogP) is 2.00. The molecule has 2 fully saturated rings. The Kier molecular flexibility index (Phi) is 13.1. The van der Waals surface area contributed by atoms with Gasteiger partial charge in [-0.15, -0.1) is 0 Å². The summed E-state index contributed by atoms with van der Waals surface area (Å²) in [6, 6.07) is 0.551. The van der Waals surface area contributed by atoms with Crippen LogP contribution in [0.4, 0.5) is 11.9 Å². The van der Waals surface area contributed by atoms with E-state index >= 15 is 0 Å². The van der Waals surface area contributed by atoms with E-state index < -0.39 is 40.7 Å². The number of rotatable bonds is 7. The number of aliphatic hydroxyl groups is 2. The maximum Gasteiger partial charge on any atom is 0.422 e. The third-order valence-electron chi connectivity index (χ3n) is 5.83. The van der Waals surface area contributed by atoms with Gasteiger partial charge in [0.2, 0.25) is 20.6 Å². The molecule has 0 aromatic carbocycles. The first kappa shape index (κ1) is 35.0. The molecular formula is C24H46ClN8O6Si2+. The number of ether oxygens (including phenoxy) is 2. The third kappa shape index (κ3) is 12.3. The topological polar surface area (TPSA) is 194 Å². The molecule has 2 unspecified atom stereocenters. The van der Waals surface area contributed by atoms with Crippen LogP contribution in [0.5, 0.6) is 6.01 Å². The van der Waals surface area contributed by atoms with Crippen molar-refractivity contribution in [2.45, 2.75) is 102 Å². The highest BCUT2D eigenvalue weighted by Gasteiger charge is 2.35. The van der Waals surface area contributed by atoms with Crippen molar-refractivity contribution < 1.29 is 29.1 Å². The lowest BCUT2D eigenvalue weighted by Crippen LogP contribution is -2.35. The summed E-state index contributed by atoms with van der Waals surface area (Å²) in [6.07, 6.45) is 3.39. The number of nitrogens with one attached hydrogen (secondary N) is 2. The van der Waals surface area contributed by atoms with E-state index in [4.69, 9.17) is 36.3 Å². The molecule has 0 aliphatic carbocycles. The zero-order valence-corrected chi connectivity index (χ0v) is 27.9. The van der Waals surface area contributed by atoms with Crippen molar-refractivity contribution in [1.82, 2.24) is 24.5 Å². The first-order valence-electron chi connectivity index (χ1n) is 13.7. The van der Waals surface area contributed by atoms with Crippen molar-refractivity contribution in [1.29, 1.82) is 0 Å². The number of nitrogens with zero attached hydrogens (tertiary/aromatic N) is 5. The van der Waals surface area contributed by atoms with Crippen LogP contribution < -0.4 is 25.8 Å². The molecule has 0 spiro atoms. The van der Waals surface area contributed by atoms with Crippen LogP contribution in [0.2, 0.25) is 39.3 Å². The lowest BCUT2D eigenvalue weighted by Gasteiger charge is -2.16. The molecule has 0 saturated carbocycles. The lowest BCUT2D eigenvalue weighted by molar-refractivity contribution is -0.398. The molecule has 2 aliphatic rings. The standard InChI is InChI=1S/C9H20N4OSi2.C8H12N4O4.C7H13ClO/c1-15(2,3)13-8-10-7-11-9(12-8)14-16(4,5)6;9-7-10-3-12(8(15)11-7)6-1-4(14)5(2-13)16-6;1-3-6-5(2)4-7(8)9-6/h7H,1-6H3,(H,10,11,12,13);3-6,13-14H,1-2H2,(H2,9,11,15);5-7H,3-4H2,1-2H3/p+1/t;4?,5-,6-;5?,6-,7-/m.11/s1. The Bertz CT molecular complexity index is 1120. The number of nitrogens with two attached hydrogens (primary N) is 1. The predicted molar refractivity (Wildman–Crippen MR) is 160 cm³/mol. The minimum absolute atomic E-state index is 0.0232. The first-order valence-corrected chi connectivity index (χ1v) is 21.0. The number of hydrogen-bond acceptors (Lipinski definition) is 12. The molecule has 6 atom stereocenters. The van der Waals surface area contributed by atoms with Gasteiger partial charge < -0.3 is 34.8 Å². The van der Waals surface area contributed by atoms with Crippen LogP contribution in [0.25, 0.3) is 0 Å². The molecule has 0 amide bonds. The van der Waals surface area contributed by atoms with Gasteiger partial charge in [-0.25, -0.2) is 14.8 Å². The number of halogens is 1. The number of anilines is 2. The van der Waals surface area contributed by atoms with Crippen LogP contribution in [0.15, 0.2) is 17.4 Å². The number of aromatic nitrogens is 6. The van der Waals surface area contributed by atoms with Crippen LogP contribution in [0.1, 0.15) is 39.3 Å². The highest BCUT2D eigenvalue weighted by molar-refractivity contribution is 6.79. The number of aromatic amines is 1. The molecule has 4 heterocycles. The van der Waals surface area contributed by atoms with Crippen LogP contribution in [-0.4, -0.2) is 81.8 Å². The summed E-state index contributed by atoms with van der Waals surface area (Å²) in [7, 11) is -3.03. The fourth-order valence-corrected chi connectivity index (χ4v) is 5.86. The summed E-state index contributed by atoms with van der Waals surface area (Å²) >= 11 is 5.76. The molecule has 6 N–H and O–H groups in total. The van der Waals surface area contributed by atoms with Gasteiger partial charge in [0.25, 0.3) is 0 Å². The molecule has 14 nitrogen and oxygen atoms in total. The maximum absolute atomic E-state index is 11.4. The second kappa shape index (κ2) is 15.3. The highest BCUT2D eigenvalue weighted by atomic mass is 35.5. The van der Waals surface area contributed by atoms with Gasteiger partial charge in [0, 0.05) is 6.42 Å². The van der Waals surface area contributed by atoms with E-state index in [-0.39, 0.29) is 24.5 Å². The quantitative estimate of drug-likeness (QED) is 0.256. The minimum Gasteiger partial charge on any atom is -0.496 e. The van der Waals surface area contributed by atoms with Crippen molar-refractivity contribution in [3.8, 4) is 6.01 Å². The van der Waals surface area contributed by atoms with Crippen molar-refractivity contribution in [3.05, 3.63) is 23.1 Å². The van der Waals surface area contributed by atoms with Gasteiger partial charge in [-0.1, -0.05) is 50.1 Å². The van der Waals surface area contributed by atoms with E-state index in [9.17, 15) is 9.90 Å². The fraction of sp³-hybridized carbons (Fsp3) is 0.750. The average Bonchev–Trinajstić information content (AvgIpc) is 3.37.